The summed E-state index contributed by atoms with van der Waals surface area (Å²) in [5.41, 5.74) is 0.861. The molecular weight excluding hydrogens is 282 g/mol. The fourth-order valence-electron chi connectivity index (χ4n) is 1.63. The number of rotatable bonds is 5. The van der Waals surface area contributed by atoms with Crippen LogP contribution in [0.2, 0.25) is 5.02 Å². The first-order valence-electron chi connectivity index (χ1n) is 5.80. The molecular formula is C14H12ClNO4. The second-order valence-corrected chi connectivity index (χ2v) is 4.44. The van der Waals surface area contributed by atoms with Crippen molar-refractivity contribution in [3.05, 3.63) is 63.2 Å². The van der Waals surface area contributed by atoms with Crippen LogP contribution < -0.4 is 9.47 Å². The summed E-state index contributed by atoms with van der Waals surface area (Å²) < 4.78 is 10.7. The van der Waals surface area contributed by atoms with Gasteiger partial charge in [0, 0.05) is 11.1 Å². The van der Waals surface area contributed by atoms with E-state index in [1.54, 1.807) is 12.1 Å². The van der Waals surface area contributed by atoms with Gasteiger partial charge in [0.1, 0.15) is 6.61 Å². The highest BCUT2D eigenvalue weighted by Gasteiger charge is 2.12. The molecule has 5 nitrogen and oxygen atoms in total. The minimum Gasteiger partial charge on any atom is -0.493 e. The van der Waals surface area contributed by atoms with E-state index in [2.05, 4.69) is 0 Å². The van der Waals surface area contributed by atoms with Crippen LogP contribution in [0.5, 0.6) is 11.5 Å². The third kappa shape index (κ3) is 3.39. The van der Waals surface area contributed by atoms with Crippen molar-refractivity contribution >= 4 is 17.3 Å². The lowest BCUT2D eigenvalue weighted by Crippen LogP contribution is -1.98. The minimum absolute atomic E-state index is 0.0445. The minimum atomic E-state index is -0.478. The quantitative estimate of drug-likeness (QED) is 0.621. The molecule has 0 bridgehead atoms. The molecule has 0 amide bonds. The fourth-order valence-corrected chi connectivity index (χ4v) is 1.76. The van der Waals surface area contributed by atoms with E-state index in [0.717, 1.165) is 5.56 Å². The Balaban J connectivity index is 2.16. The molecule has 0 aliphatic carbocycles. The summed E-state index contributed by atoms with van der Waals surface area (Å²) in [6.45, 7) is 0.273. The van der Waals surface area contributed by atoms with Crippen LogP contribution in [0.15, 0.2) is 42.5 Å². The van der Waals surface area contributed by atoms with E-state index in [4.69, 9.17) is 21.1 Å². The number of ether oxygens (including phenoxy) is 2. The SMILES string of the molecule is COc1ccc([N+](=O)[O-])cc1OCc1ccc(Cl)cc1. The first-order chi connectivity index (χ1) is 9.60. The smallest absolute Gasteiger partial charge is 0.273 e. The number of benzene rings is 2. The summed E-state index contributed by atoms with van der Waals surface area (Å²) in [6.07, 6.45) is 0. The largest absolute Gasteiger partial charge is 0.493 e. The molecule has 20 heavy (non-hydrogen) atoms. The van der Waals surface area contributed by atoms with Gasteiger partial charge < -0.3 is 9.47 Å². The maximum atomic E-state index is 10.8. The topological polar surface area (TPSA) is 61.6 Å². The molecule has 2 rings (SSSR count). The highest BCUT2D eigenvalue weighted by atomic mass is 35.5. The van der Waals surface area contributed by atoms with Gasteiger partial charge in [0.15, 0.2) is 11.5 Å². The van der Waals surface area contributed by atoms with Crippen LogP contribution in [0.1, 0.15) is 5.56 Å². The van der Waals surface area contributed by atoms with Crippen LogP contribution >= 0.6 is 11.6 Å². The predicted octanol–water partition coefficient (Wildman–Crippen LogP) is 3.84. The summed E-state index contributed by atoms with van der Waals surface area (Å²) in [5.74, 6) is 0.779. The zero-order valence-electron chi connectivity index (χ0n) is 10.7. The molecule has 0 radical (unpaired) electrons. The Morgan fingerprint density at radius 1 is 1.15 bits per heavy atom. The zero-order chi connectivity index (χ0) is 14.5. The van der Waals surface area contributed by atoms with Crippen molar-refractivity contribution in [1.82, 2.24) is 0 Å². The Morgan fingerprint density at radius 3 is 2.45 bits per heavy atom. The summed E-state index contributed by atoms with van der Waals surface area (Å²) in [5, 5.41) is 11.4. The standard InChI is InChI=1S/C14H12ClNO4/c1-19-13-7-6-12(16(17)18)8-14(13)20-9-10-2-4-11(15)5-3-10/h2-8H,9H2,1H3. The first-order valence-corrected chi connectivity index (χ1v) is 6.17. The van der Waals surface area contributed by atoms with Gasteiger partial charge in [-0.05, 0) is 23.8 Å². The number of nitro benzene ring substituents is 1. The van der Waals surface area contributed by atoms with Crippen molar-refractivity contribution in [2.24, 2.45) is 0 Å². The molecule has 0 N–H and O–H groups in total. The Bertz CT molecular complexity index is 613. The van der Waals surface area contributed by atoms with E-state index in [-0.39, 0.29) is 12.3 Å². The summed E-state index contributed by atoms with van der Waals surface area (Å²) >= 11 is 5.80. The van der Waals surface area contributed by atoms with E-state index in [1.807, 2.05) is 12.1 Å². The number of hydrogen-bond donors (Lipinski definition) is 0. The Kier molecular flexibility index (Phi) is 4.42. The van der Waals surface area contributed by atoms with Gasteiger partial charge in [0.2, 0.25) is 0 Å². The summed E-state index contributed by atoms with van der Waals surface area (Å²) in [6, 6.07) is 11.4. The van der Waals surface area contributed by atoms with Crippen molar-refractivity contribution in [2.45, 2.75) is 6.61 Å². The normalized spacial score (nSPS) is 10.1. The molecule has 0 aromatic heterocycles. The molecule has 0 saturated carbocycles. The van der Waals surface area contributed by atoms with Crippen molar-refractivity contribution in [3.63, 3.8) is 0 Å². The second kappa shape index (κ2) is 6.25. The Morgan fingerprint density at radius 2 is 1.85 bits per heavy atom. The molecule has 6 heteroatoms. The Labute approximate surface area is 120 Å². The van der Waals surface area contributed by atoms with Crippen molar-refractivity contribution in [1.29, 1.82) is 0 Å². The van der Waals surface area contributed by atoms with Gasteiger partial charge >= 0.3 is 0 Å². The van der Waals surface area contributed by atoms with Crippen molar-refractivity contribution < 1.29 is 14.4 Å². The van der Waals surface area contributed by atoms with Gasteiger partial charge in [0.25, 0.3) is 5.69 Å². The molecule has 0 spiro atoms. The second-order valence-electron chi connectivity index (χ2n) is 4.01. The van der Waals surface area contributed by atoms with E-state index < -0.39 is 4.92 Å². The molecule has 0 unspecified atom stereocenters. The molecule has 0 aliphatic rings. The fraction of sp³-hybridized carbons (Fsp3) is 0.143. The van der Waals surface area contributed by atoms with Crippen molar-refractivity contribution in [3.8, 4) is 11.5 Å². The van der Waals surface area contributed by atoms with Gasteiger partial charge in [-0.2, -0.15) is 0 Å². The van der Waals surface area contributed by atoms with Crippen LogP contribution in [0.3, 0.4) is 0 Å². The number of methoxy groups -OCH3 is 1. The molecule has 0 atom stereocenters. The number of nitrogens with zero attached hydrogens (tertiary/aromatic N) is 1. The van der Waals surface area contributed by atoms with E-state index in [1.165, 1.54) is 25.3 Å². The molecule has 104 valence electrons. The van der Waals surface area contributed by atoms with Crippen LogP contribution in [-0.4, -0.2) is 12.0 Å². The number of hydrogen-bond acceptors (Lipinski definition) is 4. The summed E-state index contributed by atoms with van der Waals surface area (Å²) in [7, 11) is 1.48. The van der Waals surface area contributed by atoms with Crippen LogP contribution in [0, 0.1) is 10.1 Å². The average Bonchev–Trinajstić information content (AvgIpc) is 2.46. The molecule has 2 aromatic carbocycles. The Hall–Kier alpha value is -2.27. The lowest BCUT2D eigenvalue weighted by atomic mass is 10.2. The van der Waals surface area contributed by atoms with Gasteiger partial charge in [-0.25, -0.2) is 0 Å². The van der Waals surface area contributed by atoms with E-state index >= 15 is 0 Å². The number of non-ortho nitro benzene ring substituents is 1. The van der Waals surface area contributed by atoms with Crippen LogP contribution in [0.4, 0.5) is 5.69 Å². The predicted molar refractivity (Wildman–Crippen MR) is 75.4 cm³/mol. The lowest BCUT2D eigenvalue weighted by Gasteiger charge is -2.10. The third-order valence-electron chi connectivity index (χ3n) is 2.67. The molecule has 2 aromatic rings. The number of nitro groups is 1. The van der Waals surface area contributed by atoms with Crippen LogP contribution in [-0.2, 0) is 6.61 Å². The zero-order valence-corrected chi connectivity index (χ0v) is 11.5. The summed E-state index contributed by atoms with van der Waals surface area (Å²) in [4.78, 5) is 10.3. The van der Waals surface area contributed by atoms with Crippen molar-refractivity contribution in [2.75, 3.05) is 7.11 Å². The monoisotopic (exact) mass is 293 g/mol. The van der Waals surface area contributed by atoms with Crippen LogP contribution in [0.25, 0.3) is 0 Å². The average molecular weight is 294 g/mol. The highest BCUT2D eigenvalue weighted by Crippen LogP contribution is 2.31. The van der Waals surface area contributed by atoms with Gasteiger partial charge in [-0.3, -0.25) is 10.1 Å². The molecule has 0 aliphatic heterocycles. The molecule has 0 saturated heterocycles. The van der Waals surface area contributed by atoms with Gasteiger partial charge in [-0.1, -0.05) is 23.7 Å². The number of halogens is 1. The maximum absolute atomic E-state index is 10.8. The van der Waals surface area contributed by atoms with Gasteiger partial charge in [-0.15, -0.1) is 0 Å². The van der Waals surface area contributed by atoms with E-state index in [0.29, 0.717) is 16.5 Å². The highest BCUT2D eigenvalue weighted by molar-refractivity contribution is 6.30. The third-order valence-corrected chi connectivity index (χ3v) is 2.92. The van der Waals surface area contributed by atoms with Gasteiger partial charge in [0.05, 0.1) is 18.1 Å². The van der Waals surface area contributed by atoms with E-state index in [9.17, 15) is 10.1 Å². The first kappa shape index (κ1) is 14.1. The molecule has 0 heterocycles. The lowest BCUT2D eigenvalue weighted by molar-refractivity contribution is -0.385. The maximum Gasteiger partial charge on any atom is 0.273 e. The molecule has 0 fully saturated rings.